The van der Waals surface area contributed by atoms with Gasteiger partial charge in [0.25, 0.3) is 0 Å². The van der Waals surface area contributed by atoms with Crippen LogP contribution in [-0.2, 0) is 0 Å². The molecule has 0 atom stereocenters. The Morgan fingerprint density at radius 2 is 1.06 bits per heavy atom. The van der Waals surface area contributed by atoms with Gasteiger partial charge in [-0.2, -0.15) is 0 Å². The Hall–Kier alpha value is -7.44. The van der Waals surface area contributed by atoms with Gasteiger partial charge in [-0.3, -0.25) is 4.98 Å². The van der Waals surface area contributed by atoms with Crippen molar-refractivity contribution in [3.05, 3.63) is 176 Å². The highest BCUT2D eigenvalue weighted by Crippen LogP contribution is 2.39. The molecular formula is C48H29N5O. The highest BCUT2D eigenvalue weighted by Gasteiger charge is 2.20. The lowest BCUT2D eigenvalue weighted by Gasteiger charge is -2.15. The van der Waals surface area contributed by atoms with Crippen LogP contribution in [0.4, 0.5) is 0 Å². The molecule has 4 aromatic heterocycles. The van der Waals surface area contributed by atoms with E-state index in [2.05, 4.69) is 119 Å². The molecule has 0 bridgehead atoms. The third-order valence-corrected chi connectivity index (χ3v) is 10.3. The predicted octanol–water partition coefficient (Wildman–Crippen LogP) is 12.1. The summed E-state index contributed by atoms with van der Waals surface area (Å²) in [6.45, 7) is 0. The molecule has 0 radical (unpaired) electrons. The number of furan rings is 1. The second-order valence-electron chi connectivity index (χ2n) is 13.5. The van der Waals surface area contributed by atoms with Gasteiger partial charge >= 0.3 is 0 Å². The first-order chi connectivity index (χ1) is 26.8. The Labute approximate surface area is 309 Å². The molecule has 0 fully saturated rings. The molecule has 7 aromatic carbocycles. The zero-order chi connectivity index (χ0) is 35.6. The van der Waals surface area contributed by atoms with Gasteiger partial charge in [0.05, 0.1) is 16.7 Å². The molecule has 0 aliphatic rings. The van der Waals surface area contributed by atoms with Gasteiger partial charge in [0.2, 0.25) is 0 Å². The fourth-order valence-corrected chi connectivity index (χ4v) is 7.79. The number of rotatable bonds is 5. The van der Waals surface area contributed by atoms with E-state index in [-0.39, 0.29) is 0 Å². The molecule has 6 nitrogen and oxygen atoms in total. The zero-order valence-corrected chi connectivity index (χ0v) is 28.9. The molecular weight excluding hydrogens is 663 g/mol. The number of hydrogen-bond acceptors (Lipinski definition) is 5. The van der Waals surface area contributed by atoms with Crippen LogP contribution >= 0.6 is 0 Å². The van der Waals surface area contributed by atoms with Gasteiger partial charge in [-0.15, -0.1) is 0 Å². The Kier molecular flexibility index (Phi) is 6.75. The van der Waals surface area contributed by atoms with Crippen molar-refractivity contribution in [3.63, 3.8) is 0 Å². The average molecular weight is 692 g/mol. The summed E-state index contributed by atoms with van der Waals surface area (Å²) >= 11 is 0. The molecule has 6 heteroatoms. The number of benzene rings is 7. The lowest BCUT2D eigenvalue weighted by molar-refractivity contribution is 0.668. The molecule has 252 valence electrons. The summed E-state index contributed by atoms with van der Waals surface area (Å²) in [7, 11) is 0. The minimum absolute atomic E-state index is 0.568. The minimum Gasteiger partial charge on any atom is -0.454 e. The summed E-state index contributed by atoms with van der Waals surface area (Å²) in [4.78, 5) is 19.8. The second kappa shape index (κ2) is 12.1. The number of hydrogen-bond donors (Lipinski definition) is 0. The summed E-state index contributed by atoms with van der Waals surface area (Å²) in [5.41, 5.74) is 10.8. The first-order valence-electron chi connectivity index (χ1n) is 18.0. The Morgan fingerprint density at radius 3 is 1.89 bits per heavy atom. The minimum atomic E-state index is 0.568. The first-order valence-corrected chi connectivity index (χ1v) is 18.0. The smallest absolute Gasteiger partial charge is 0.164 e. The summed E-state index contributed by atoms with van der Waals surface area (Å²) in [6.07, 6.45) is 1.79. The number of fused-ring (bicyclic) bond motifs is 7. The summed E-state index contributed by atoms with van der Waals surface area (Å²) < 4.78 is 8.59. The molecule has 0 aliphatic carbocycles. The molecule has 0 spiro atoms. The van der Waals surface area contributed by atoms with Crippen LogP contribution in [0.1, 0.15) is 0 Å². The monoisotopic (exact) mass is 691 g/mol. The van der Waals surface area contributed by atoms with Crippen LogP contribution < -0.4 is 0 Å². The van der Waals surface area contributed by atoms with Gasteiger partial charge in [-0.05, 0) is 71.1 Å². The van der Waals surface area contributed by atoms with E-state index in [1.165, 1.54) is 21.9 Å². The molecule has 4 heterocycles. The maximum Gasteiger partial charge on any atom is 0.164 e. The summed E-state index contributed by atoms with van der Waals surface area (Å²) in [5.74, 6) is 1.77. The highest BCUT2D eigenvalue weighted by atomic mass is 16.3. The van der Waals surface area contributed by atoms with Crippen LogP contribution in [0.5, 0.6) is 0 Å². The maximum atomic E-state index is 6.20. The summed E-state index contributed by atoms with van der Waals surface area (Å²) in [5, 5.41) is 5.54. The van der Waals surface area contributed by atoms with Gasteiger partial charge < -0.3 is 8.98 Å². The lowest BCUT2D eigenvalue weighted by atomic mass is 10.0. The molecule has 0 aliphatic heterocycles. The molecule has 0 saturated carbocycles. The molecule has 11 aromatic rings. The van der Waals surface area contributed by atoms with E-state index in [1.807, 2.05) is 60.7 Å². The van der Waals surface area contributed by atoms with Crippen LogP contribution in [0.25, 0.3) is 106 Å². The largest absolute Gasteiger partial charge is 0.454 e. The van der Waals surface area contributed by atoms with E-state index >= 15 is 0 Å². The van der Waals surface area contributed by atoms with Crippen LogP contribution in [0.3, 0.4) is 0 Å². The SMILES string of the molecule is c1ccc(-c2ccc3c(c2)c2ccccc2n3-c2ccc(-c3nc(-c4ccccc4)nc(-c4ccc5c(c4)oc4cccnc45)n3)c3ccccc23)cc1. The van der Waals surface area contributed by atoms with Gasteiger partial charge in [0.15, 0.2) is 23.1 Å². The van der Waals surface area contributed by atoms with E-state index in [0.717, 1.165) is 66.3 Å². The topological polar surface area (TPSA) is 69.6 Å². The second-order valence-corrected chi connectivity index (χ2v) is 13.5. The quantitative estimate of drug-likeness (QED) is 0.180. The predicted molar refractivity (Wildman–Crippen MR) is 218 cm³/mol. The van der Waals surface area contributed by atoms with E-state index in [9.17, 15) is 0 Å². The molecule has 11 rings (SSSR count). The number of nitrogens with zero attached hydrogens (tertiary/aromatic N) is 5. The van der Waals surface area contributed by atoms with Crippen molar-refractivity contribution in [1.29, 1.82) is 0 Å². The van der Waals surface area contributed by atoms with E-state index in [1.54, 1.807) is 6.20 Å². The van der Waals surface area contributed by atoms with Crippen molar-refractivity contribution >= 4 is 54.6 Å². The van der Waals surface area contributed by atoms with Crippen LogP contribution in [0.15, 0.2) is 180 Å². The van der Waals surface area contributed by atoms with Crippen LogP contribution in [-0.4, -0.2) is 24.5 Å². The fraction of sp³-hybridized carbons (Fsp3) is 0. The molecule has 0 saturated heterocycles. The maximum absolute atomic E-state index is 6.20. The van der Waals surface area contributed by atoms with Crippen LogP contribution in [0.2, 0.25) is 0 Å². The van der Waals surface area contributed by atoms with Crippen molar-refractivity contribution in [3.8, 4) is 51.0 Å². The first kappa shape index (κ1) is 30.2. The molecule has 0 amide bonds. The standard InChI is InChI=1S/C48H29N5O/c1-3-12-30(13-4-1)32-22-25-42-39(28-32)36-18-9-10-19-40(36)53(42)41-26-24-37(34-16-7-8-17-35(34)41)48-51-46(31-14-5-2-6-15-31)50-47(52-48)33-21-23-38-44(29-33)54-43-20-11-27-49-45(38)43/h1-29H. The van der Waals surface area contributed by atoms with Crippen LogP contribution in [0, 0.1) is 0 Å². The van der Waals surface area contributed by atoms with Gasteiger partial charge in [-0.1, -0.05) is 115 Å². The van der Waals surface area contributed by atoms with Crippen molar-refractivity contribution in [2.75, 3.05) is 0 Å². The molecule has 0 unspecified atom stereocenters. The zero-order valence-electron chi connectivity index (χ0n) is 28.9. The van der Waals surface area contributed by atoms with Gasteiger partial charge in [0, 0.05) is 44.4 Å². The fourth-order valence-electron chi connectivity index (χ4n) is 7.79. The van der Waals surface area contributed by atoms with E-state index in [4.69, 9.17) is 19.4 Å². The highest BCUT2D eigenvalue weighted by molar-refractivity contribution is 6.12. The number of pyridine rings is 1. The number of aromatic nitrogens is 5. The molecule has 54 heavy (non-hydrogen) atoms. The third-order valence-electron chi connectivity index (χ3n) is 10.3. The van der Waals surface area contributed by atoms with Crippen molar-refractivity contribution in [2.24, 2.45) is 0 Å². The van der Waals surface area contributed by atoms with Crippen molar-refractivity contribution in [1.82, 2.24) is 24.5 Å². The average Bonchev–Trinajstić information content (AvgIpc) is 3.79. The lowest BCUT2D eigenvalue weighted by Crippen LogP contribution is -2.01. The van der Waals surface area contributed by atoms with Crippen molar-refractivity contribution in [2.45, 2.75) is 0 Å². The Morgan fingerprint density at radius 1 is 0.389 bits per heavy atom. The molecule has 0 N–H and O–H groups in total. The van der Waals surface area contributed by atoms with E-state index in [0.29, 0.717) is 17.5 Å². The Balaban J connectivity index is 1.11. The van der Waals surface area contributed by atoms with Gasteiger partial charge in [-0.25, -0.2) is 15.0 Å². The van der Waals surface area contributed by atoms with Gasteiger partial charge in [0.1, 0.15) is 11.1 Å². The normalized spacial score (nSPS) is 11.7. The van der Waals surface area contributed by atoms with Crippen molar-refractivity contribution < 1.29 is 4.42 Å². The summed E-state index contributed by atoms with van der Waals surface area (Å²) in [6, 6.07) is 58.9. The Bertz CT molecular complexity index is 3220. The number of para-hydroxylation sites is 1. The third kappa shape index (κ3) is 4.81. The van der Waals surface area contributed by atoms with E-state index < -0.39 is 0 Å².